The monoisotopic (exact) mass is 831 g/mol. The lowest BCUT2D eigenvalue weighted by atomic mass is 9.77. The molecule has 2 aromatic carbocycles. The molecule has 0 spiro atoms. The number of pyridine rings is 4. The highest BCUT2D eigenvalue weighted by atomic mass is 16.5. The van der Waals surface area contributed by atoms with Gasteiger partial charge < -0.3 is 9.47 Å². The fourth-order valence-corrected chi connectivity index (χ4v) is 9.27. The third kappa shape index (κ3) is 12.4. The molecule has 2 aliphatic rings. The number of nitrogens with zero attached hydrogens (tertiary/aromatic N) is 4. The highest BCUT2D eigenvalue weighted by molar-refractivity contribution is 5.61. The minimum absolute atomic E-state index is 0.245. The first kappa shape index (κ1) is 44.7. The molecular formula is C56H70N4O2+4. The summed E-state index contributed by atoms with van der Waals surface area (Å²) in [6, 6.07) is 37.5. The van der Waals surface area contributed by atoms with Crippen LogP contribution in [0.1, 0.15) is 107 Å². The molecule has 4 unspecified atom stereocenters. The Labute approximate surface area is 372 Å². The predicted octanol–water partition coefficient (Wildman–Crippen LogP) is 10.6. The van der Waals surface area contributed by atoms with Crippen molar-refractivity contribution in [3.63, 3.8) is 0 Å². The summed E-state index contributed by atoms with van der Waals surface area (Å²) in [4.78, 5) is 0. The van der Waals surface area contributed by atoms with Crippen molar-refractivity contribution in [3.05, 3.63) is 175 Å². The molecule has 8 rings (SSSR count). The Morgan fingerprint density at radius 1 is 0.613 bits per heavy atom. The van der Waals surface area contributed by atoms with E-state index in [1.807, 2.05) is 6.08 Å². The molecule has 62 heavy (non-hydrogen) atoms. The number of ether oxygens (including phenoxy) is 2. The van der Waals surface area contributed by atoms with Crippen LogP contribution < -0.4 is 18.3 Å². The highest BCUT2D eigenvalue weighted by Gasteiger charge is 2.36. The second-order valence-electron chi connectivity index (χ2n) is 17.9. The van der Waals surface area contributed by atoms with Crippen LogP contribution in [-0.4, -0.2) is 25.4 Å². The minimum atomic E-state index is 0.245. The van der Waals surface area contributed by atoms with Crippen LogP contribution in [0.25, 0.3) is 28.3 Å². The number of hydrogen-bond donors (Lipinski definition) is 0. The number of rotatable bonds is 19. The van der Waals surface area contributed by atoms with E-state index in [1.54, 1.807) is 0 Å². The van der Waals surface area contributed by atoms with Gasteiger partial charge in [-0.15, -0.1) is 0 Å². The fourth-order valence-electron chi connectivity index (χ4n) is 9.27. The lowest BCUT2D eigenvalue weighted by molar-refractivity contribution is -0.737. The average Bonchev–Trinajstić information content (AvgIpc) is 3.29. The topological polar surface area (TPSA) is 34.0 Å². The van der Waals surface area contributed by atoms with Crippen LogP contribution in [0.3, 0.4) is 0 Å². The van der Waals surface area contributed by atoms with Gasteiger partial charge in [-0.3, -0.25) is 0 Å². The first-order valence-corrected chi connectivity index (χ1v) is 23.3. The Bertz CT molecular complexity index is 2250. The maximum absolute atomic E-state index is 5.79. The van der Waals surface area contributed by atoms with Crippen molar-refractivity contribution in [2.75, 3.05) is 13.2 Å². The zero-order chi connectivity index (χ0) is 43.3. The number of aromatic nitrogens is 4. The van der Waals surface area contributed by atoms with E-state index in [-0.39, 0.29) is 12.2 Å². The zero-order valence-corrected chi connectivity index (χ0v) is 38.0. The molecular weight excluding hydrogens is 761 g/mol. The standard InChI is InChI=1S/C56H70N4O2/c1-7-9-48(40-46-12-10-45(8-2)11-13-46)42-55-53-16-14-47(15-17-53)41-54(59-32-24-51(25-33-59)49-20-28-57(29-21-49)36-38-61-43(3)4)18-19-56(55)60-34-26-52(27-35-60)50-22-30-58(31-23-50)37-39-62-44(5)6/h8,10-17,20-35,43-44,48,54-56H,2,7,9,18-19,36-42H2,1,3-6H3/q+4. The first-order chi connectivity index (χ1) is 30.2. The third-order valence-electron chi connectivity index (χ3n) is 12.7. The lowest BCUT2D eigenvalue weighted by Gasteiger charge is -2.30. The Hall–Kier alpha value is -5.30. The second kappa shape index (κ2) is 22.2. The molecule has 6 aromatic rings. The summed E-state index contributed by atoms with van der Waals surface area (Å²) in [6.07, 6.45) is 28.2. The van der Waals surface area contributed by atoms with E-state index in [0.29, 0.717) is 30.5 Å². The van der Waals surface area contributed by atoms with Crippen LogP contribution in [0.5, 0.6) is 0 Å². The molecule has 0 radical (unpaired) electrons. The van der Waals surface area contributed by atoms with E-state index in [1.165, 1.54) is 57.3 Å². The van der Waals surface area contributed by atoms with Crippen LogP contribution in [0.4, 0.5) is 0 Å². The number of fused-ring (bicyclic) bond motifs is 7. The van der Waals surface area contributed by atoms with Crippen molar-refractivity contribution in [1.82, 2.24) is 0 Å². The molecule has 2 bridgehead atoms. The van der Waals surface area contributed by atoms with Gasteiger partial charge in [-0.05, 0) is 91.0 Å². The molecule has 4 heterocycles. The van der Waals surface area contributed by atoms with Gasteiger partial charge in [-0.1, -0.05) is 81.0 Å². The molecule has 0 saturated carbocycles. The maximum Gasteiger partial charge on any atom is 0.171 e. The van der Waals surface area contributed by atoms with Gasteiger partial charge >= 0.3 is 0 Å². The van der Waals surface area contributed by atoms with Crippen LogP contribution in [-0.2, 0) is 35.4 Å². The summed E-state index contributed by atoms with van der Waals surface area (Å²) in [5, 5.41) is 0. The molecule has 2 aliphatic carbocycles. The van der Waals surface area contributed by atoms with Gasteiger partial charge in [0.1, 0.15) is 13.2 Å². The van der Waals surface area contributed by atoms with Gasteiger partial charge in [-0.25, -0.2) is 18.3 Å². The van der Waals surface area contributed by atoms with E-state index >= 15 is 0 Å². The molecule has 322 valence electrons. The summed E-state index contributed by atoms with van der Waals surface area (Å²) in [7, 11) is 0. The Morgan fingerprint density at radius 3 is 1.60 bits per heavy atom. The molecule has 4 atom stereocenters. The average molecular weight is 831 g/mol. The van der Waals surface area contributed by atoms with Gasteiger partial charge in [0.2, 0.25) is 0 Å². The van der Waals surface area contributed by atoms with E-state index < -0.39 is 0 Å². The lowest BCUT2D eigenvalue weighted by Crippen LogP contribution is -2.45. The van der Waals surface area contributed by atoms with Crippen molar-refractivity contribution >= 4 is 6.08 Å². The molecule has 6 nitrogen and oxygen atoms in total. The van der Waals surface area contributed by atoms with E-state index in [2.05, 4.69) is 206 Å². The molecule has 6 heteroatoms. The van der Waals surface area contributed by atoms with Gasteiger partial charge in [0.05, 0.1) is 12.2 Å². The first-order valence-electron chi connectivity index (χ1n) is 23.3. The Morgan fingerprint density at radius 2 is 1.11 bits per heavy atom. The zero-order valence-electron chi connectivity index (χ0n) is 38.0. The Kier molecular flexibility index (Phi) is 16.0. The summed E-state index contributed by atoms with van der Waals surface area (Å²) >= 11 is 0. The van der Waals surface area contributed by atoms with Crippen molar-refractivity contribution in [2.24, 2.45) is 5.92 Å². The molecule has 0 fully saturated rings. The normalized spacial score (nSPS) is 17.0. The third-order valence-corrected chi connectivity index (χ3v) is 12.7. The molecule has 4 aromatic heterocycles. The van der Waals surface area contributed by atoms with Gasteiger partial charge in [-0.2, -0.15) is 0 Å². The summed E-state index contributed by atoms with van der Waals surface area (Å²) in [5.74, 6) is 0.946. The van der Waals surface area contributed by atoms with E-state index in [9.17, 15) is 0 Å². The SMILES string of the molecule is C=Cc1ccc(CC(CCC)CC2c3ccc(cc3)CC([n+]3ccc(-c4cc[n+](CCOC(C)C)cc4)cc3)CCC2[n+]2ccc(-c3cc[n+](CCOC(C)C)cc3)cc2)cc1. The molecule has 0 N–H and O–H groups in total. The van der Waals surface area contributed by atoms with Gasteiger partial charge in [0.15, 0.2) is 74.7 Å². The summed E-state index contributed by atoms with van der Waals surface area (Å²) in [6.45, 7) is 17.8. The van der Waals surface area contributed by atoms with Crippen LogP contribution in [0.15, 0.2) is 153 Å². The molecule has 0 amide bonds. The van der Waals surface area contributed by atoms with E-state index in [4.69, 9.17) is 9.47 Å². The summed E-state index contributed by atoms with van der Waals surface area (Å²) < 4.78 is 21.0. The smallest absolute Gasteiger partial charge is 0.171 e. The maximum atomic E-state index is 5.79. The molecule has 0 aliphatic heterocycles. The van der Waals surface area contributed by atoms with Crippen molar-refractivity contribution < 1.29 is 27.7 Å². The molecule has 0 saturated heterocycles. The van der Waals surface area contributed by atoms with Crippen LogP contribution >= 0.6 is 0 Å². The van der Waals surface area contributed by atoms with Crippen molar-refractivity contribution in [2.45, 2.75) is 123 Å². The van der Waals surface area contributed by atoms with Crippen molar-refractivity contribution in [3.8, 4) is 22.3 Å². The van der Waals surface area contributed by atoms with Gasteiger partial charge in [0, 0.05) is 73.7 Å². The number of benzene rings is 2. The van der Waals surface area contributed by atoms with Crippen molar-refractivity contribution in [1.29, 1.82) is 0 Å². The quantitative estimate of drug-likeness (QED) is 0.0762. The predicted molar refractivity (Wildman–Crippen MR) is 250 cm³/mol. The van der Waals surface area contributed by atoms with E-state index in [0.717, 1.165) is 51.8 Å². The summed E-state index contributed by atoms with van der Waals surface area (Å²) in [5.41, 5.74) is 10.4. The van der Waals surface area contributed by atoms with Crippen LogP contribution in [0.2, 0.25) is 0 Å². The fraction of sp³-hybridized carbons (Fsp3) is 0.393. The number of hydrogen-bond acceptors (Lipinski definition) is 2. The second-order valence-corrected chi connectivity index (χ2v) is 17.9. The van der Waals surface area contributed by atoms with Crippen LogP contribution in [0, 0.1) is 5.92 Å². The highest BCUT2D eigenvalue weighted by Crippen LogP contribution is 2.39. The largest absolute Gasteiger partial charge is 0.372 e. The Balaban J connectivity index is 1.15. The van der Waals surface area contributed by atoms with Gasteiger partial charge in [0.25, 0.3) is 0 Å². The minimum Gasteiger partial charge on any atom is -0.372 e.